The summed E-state index contributed by atoms with van der Waals surface area (Å²) in [5.41, 5.74) is 4.37. The molecule has 10 nitrogen and oxygen atoms in total. The van der Waals surface area contributed by atoms with Gasteiger partial charge < -0.3 is 20.3 Å². The van der Waals surface area contributed by atoms with Crippen LogP contribution in [0.25, 0.3) is 5.69 Å². The minimum absolute atomic E-state index is 0.132. The topological polar surface area (TPSA) is 150 Å². The van der Waals surface area contributed by atoms with Gasteiger partial charge in [0.2, 0.25) is 0 Å². The van der Waals surface area contributed by atoms with Gasteiger partial charge in [-0.1, -0.05) is 0 Å². The molecule has 3 rings (SSSR count). The van der Waals surface area contributed by atoms with Crippen molar-refractivity contribution in [2.45, 2.75) is 0 Å². The second-order valence-electron chi connectivity index (χ2n) is 5.30. The van der Waals surface area contributed by atoms with Crippen LogP contribution in [0.15, 0.2) is 23.0 Å². The molecule has 2 amide bonds. The van der Waals surface area contributed by atoms with E-state index in [0.717, 1.165) is 10.6 Å². The minimum Gasteiger partial charge on any atom is -0.493 e. The van der Waals surface area contributed by atoms with Crippen molar-refractivity contribution in [1.82, 2.24) is 9.88 Å². The third kappa shape index (κ3) is 2.35. The number of nitrogens with zero attached hydrogens (tertiary/aromatic N) is 1. The van der Waals surface area contributed by atoms with Crippen LogP contribution < -0.4 is 26.1 Å². The number of carbonyl (C=O) groups is 3. The lowest BCUT2D eigenvalue weighted by Crippen LogP contribution is -2.25. The van der Waals surface area contributed by atoms with Gasteiger partial charge in [0, 0.05) is 18.2 Å². The van der Waals surface area contributed by atoms with Crippen molar-refractivity contribution < 1.29 is 29.0 Å². The molecular weight excluding hydrogens is 346 g/mol. The highest BCUT2D eigenvalue weighted by Gasteiger charge is 2.32. The Morgan fingerprint density at radius 1 is 1.08 bits per heavy atom. The monoisotopic (exact) mass is 359 g/mol. The number of imide groups is 1. The lowest BCUT2D eigenvalue weighted by Gasteiger charge is -2.17. The first kappa shape index (κ1) is 17.0. The maximum atomic E-state index is 12.5. The van der Waals surface area contributed by atoms with Crippen LogP contribution in [-0.4, -0.2) is 41.7 Å². The highest BCUT2D eigenvalue weighted by Crippen LogP contribution is 2.33. The first-order valence-corrected chi connectivity index (χ1v) is 7.21. The number of anilines is 1. The number of amides is 2. The number of nitrogens with one attached hydrogen (secondary N) is 1. The molecule has 0 saturated carbocycles. The molecule has 0 spiro atoms. The quantitative estimate of drug-likeness (QED) is 0.647. The van der Waals surface area contributed by atoms with Gasteiger partial charge in [0.05, 0.1) is 36.6 Å². The van der Waals surface area contributed by atoms with E-state index in [1.165, 1.54) is 26.4 Å². The number of pyridine rings is 1. The van der Waals surface area contributed by atoms with Crippen molar-refractivity contribution in [3.05, 3.63) is 45.2 Å². The van der Waals surface area contributed by atoms with Crippen LogP contribution in [0.4, 0.5) is 5.82 Å². The smallest absolute Gasteiger partial charge is 0.337 e. The molecule has 26 heavy (non-hydrogen) atoms. The third-order valence-corrected chi connectivity index (χ3v) is 3.93. The number of nitrogens with two attached hydrogens (primary N) is 1. The molecule has 0 radical (unpaired) electrons. The average molecular weight is 359 g/mol. The van der Waals surface area contributed by atoms with Gasteiger partial charge in [-0.05, 0) is 0 Å². The molecule has 0 unspecified atom stereocenters. The van der Waals surface area contributed by atoms with Gasteiger partial charge in [0.1, 0.15) is 5.82 Å². The lowest BCUT2D eigenvalue weighted by molar-refractivity contribution is 0.0695. The molecule has 0 saturated heterocycles. The van der Waals surface area contributed by atoms with Crippen LogP contribution in [0.5, 0.6) is 11.5 Å². The summed E-state index contributed by atoms with van der Waals surface area (Å²) in [4.78, 5) is 47.8. The zero-order chi connectivity index (χ0) is 19.2. The molecule has 4 N–H and O–H groups in total. The number of aromatic carboxylic acids is 1. The number of hydrogen-bond donors (Lipinski definition) is 3. The Bertz CT molecular complexity index is 1040. The first-order chi connectivity index (χ1) is 12.3. The number of nitrogen functional groups attached to an aromatic ring is 1. The van der Waals surface area contributed by atoms with E-state index >= 15 is 0 Å². The van der Waals surface area contributed by atoms with Gasteiger partial charge in [-0.3, -0.25) is 24.3 Å². The standard InChI is InChI=1S/C16H13N3O7/c1-25-9-3-6(16(23)24)8(5-10(9)26-2)19-11(20)4-7-12(13(19)17)15(22)18-14(7)21/h3-5H,17H2,1-2H3,(H,23,24)(H,18,21,22). The van der Waals surface area contributed by atoms with Crippen LogP contribution in [-0.2, 0) is 0 Å². The molecule has 0 fully saturated rings. The van der Waals surface area contributed by atoms with E-state index in [-0.39, 0.29) is 39.7 Å². The number of hydrogen-bond acceptors (Lipinski definition) is 7. The molecule has 2 aromatic rings. The lowest BCUT2D eigenvalue weighted by atomic mass is 10.1. The predicted molar refractivity (Wildman–Crippen MR) is 88.3 cm³/mol. The highest BCUT2D eigenvalue weighted by molar-refractivity contribution is 6.23. The zero-order valence-corrected chi connectivity index (χ0v) is 13.7. The molecule has 1 aliphatic heterocycles. The van der Waals surface area contributed by atoms with Crippen LogP contribution in [0.1, 0.15) is 31.1 Å². The van der Waals surface area contributed by atoms with E-state index in [2.05, 4.69) is 0 Å². The van der Waals surface area contributed by atoms with E-state index in [1.54, 1.807) is 0 Å². The molecule has 1 aromatic carbocycles. The van der Waals surface area contributed by atoms with Crippen LogP contribution in [0.2, 0.25) is 0 Å². The Kier molecular flexibility index (Phi) is 3.87. The number of rotatable bonds is 4. The van der Waals surface area contributed by atoms with E-state index in [1.807, 2.05) is 5.32 Å². The second-order valence-corrected chi connectivity index (χ2v) is 5.30. The summed E-state index contributed by atoms with van der Waals surface area (Å²) in [5, 5.41) is 11.5. The molecule has 1 aromatic heterocycles. The molecule has 2 heterocycles. The number of carboxylic acid groups (broad SMARTS) is 1. The number of carboxylic acids is 1. The van der Waals surface area contributed by atoms with Gasteiger partial charge in [-0.2, -0.15) is 0 Å². The SMILES string of the molecule is COc1cc(C(=O)O)c(-n2c(N)c3c(cc2=O)C(=O)NC3=O)cc1OC. The van der Waals surface area contributed by atoms with Crippen molar-refractivity contribution in [1.29, 1.82) is 0 Å². The van der Waals surface area contributed by atoms with Gasteiger partial charge in [-0.25, -0.2) is 4.79 Å². The maximum absolute atomic E-state index is 12.5. The summed E-state index contributed by atoms with van der Waals surface area (Å²) < 4.78 is 11.0. The predicted octanol–water partition coefficient (Wildman–Crippen LogP) is 0.0187. The fraction of sp³-hybridized carbons (Fsp3) is 0.125. The summed E-state index contributed by atoms with van der Waals surface area (Å²) in [6.45, 7) is 0. The van der Waals surface area contributed by atoms with Crippen LogP contribution >= 0.6 is 0 Å². The van der Waals surface area contributed by atoms with Gasteiger partial charge in [0.15, 0.2) is 11.5 Å². The number of benzene rings is 1. The Morgan fingerprint density at radius 3 is 2.27 bits per heavy atom. The maximum Gasteiger partial charge on any atom is 0.337 e. The molecular formula is C16H13N3O7. The molecule has 1 aliphatic rings. The van der Waals surface area contributed by atoms with Gasteiger partial charge in [0.25, 0.3) is 17.4 Å². The average Bonchev–Trinajstić information content (AvgIpc) is 2.87. The number of aromatic nitrogens is 1. The van der Waals surface area contributed by atoms with E-state index in [4.69, 9.17) is 15.2 Å². The minimum atomic E-state index is -1.35. The zero-order valence-electron chi connectivity index (χ0n) is 13.7. The van der Waals surface area contributed by atoms with Crippen molar-refractivity contribution in [2.75, 3.05) is 20.0 Å². The van der Waals surface area contributed by atoms with Crippen molar-refractivity contribution in [3.8, 4) is 17.2 Å². The molecule has 0 aliphatic carbocycles. The summed E-state index contributed by atoms with van der Waals surface area (Å²) in [5.74, 6) is -2.94. The van der Waals surface area contributed by atoms with Crippen LogP contribution in [0.3, 0.4) is 0 Å². The molecule has 10 heteroatoms. The largest absolute Gasteiger partial charge is 0.493 e. The van der Waals surface area contributed by atoms with Crippen molar-refractivity contribution in [3.63, 3.8) is 0 Å². The van der Waals surface area contributed by atoms with Gasteiger partial charge >= 0.3 is 5.97 Å². The molecule has 0 bridgehead atoms. The Labute approximate surface area is 145 Å². The fourth-order valence-corrected chi connectivity index (χ4v) is 2.75. The first-order valence-electron chi connectivity index (χ1n) is 7.21. The summed E-state index contributed by atoms with van der Waals surface area (Å²) in [7, 11) is 2.66. The third-order valence-electron chi connectivity index (χ3n) is 3.93. The highest BCUT2D eigenvalue weighted by atomic mass is 16.5. The summed E-state index contributed by atoms with van der Waals surface area (Å²) >= 11 is 0. The molecule has 134 valence electrons. The van der Waals surface area contributed by atoms with Crippen molar-refractivity contribution >= 4 is 23.6 Å². The number of fused-ring (bicyclic) bond motifs is 1. The van der Waals surface area contributed by atoms with Crippen molar-refractivity contribution in [2.24, 2.45) is 0 Å². The van der Waals surface area contributed by atoms with Gasteiger partial charge in [-0.15, -0.1) is 0 Å². The van der Waals surface area contributed by atoms with Crippen LogP contribution in [0, 0.1) is 0 Å². The summed E-state index contributed by atoms with van der Waals surface area (Å²) in [6, 6.07) is 3.34. The fourth-order valence-electron chi connectivity index (χ4n) is 2.75. The number of methoxy groups -OCH3 is 2. The Hall–Kier alpha value is -3.82. The number of carbonyl (C=O) groups excluding carboxylic acids is 2. The number of ether oxygens (including phenoxy) is 2. The van der Waals surface area contributed by atoms with E-state index in [9.17, 15) is 24.3 Å². The summed E-state index contributed by atoms with van der Waals surface area (Å²) in [6.07, 6.45) is 0. The Morgan fingerprint density at radius 2 is 1.69 bits per heavy atom. The van der Waals surface area contributed by atoms with E-state index < -0.39 is 23.3 Å². The van der Waals surface area contributed by atoms with E-state index in [0.29, 0.717) is 0 Å². The second kappa shape index (κ2) is 5.92. The normalized spacial score (nSPS) is 12.5. The Balaban J connectivity index is 2.40. The molecule has 0 atom stereocenters.